The number of rotatable bonds is 8. The SMILES string of the molecule is [C-]#[N+]c1ccc(N2CCC(C(=O)Nc3ccc(CCN4CCC(CN5CCN(C(=O)OC(C)(C)C)CC5)CC4)cn3)CC2)cc1C(F)(F)F. The molecule has 2 aromatic rings. The first-order chi connectivity index (χ1) is 23.3. The van der Waals surface area contributed by atoms with E-state index in [4.69, 9.17) is 11.3 Å². The average Bonchev–Trinajstić information content (AvgIpc) is 3.07. The van der Waals surface area contributed by atoms with Crippen molar-refractivity contribution < 1.29 is 27.5 Å². The molecule has 3 fully saturated rings. The fourth-order valence-electron chi connectivity index (χ4n) is 6.80. The van der Waals surface area contributed by atoms with Gasteiger partial charge >= 0.3 is 12.3 Å². The quantitative estimate of drug-likeness (QED) is 0.327. The Morgan fingerprint density at radius 2 is 1.63 bits per heavy atom. The summed E-state index contributed by atoms with van der Waals surface area (Å²) in [6, 6.07) is 7.61. The molecule has 2 amide bonds. The van der Waals surface area contributed by atoms with E-state index in [0.29, 0.717) is 56.4 Å². The van der Waals surface area contributed by atoms with E-state index in [0.717, 1.165) is 70.2 Å². The van der Waals surface area contributed by atoms with Crippen molar-refractivity contribution in [3.05, 3.63) is 59.1 Å². The number of anilines is 2. The molecule has 13 heteroatoms. The van der Waals surface area contributed by atoms with Crippen LogP contribution in [0.15, 0.2) is 36.5 Å². The van der Waals surface area contributed by atoms with E-state index in [-0.39, 0.29) is 17.9 Å². The molecule has 3 aliphatic heterocycles. The lowest BCUT2D eigenvalue weighted by atomic mass is 9.95. The van der Waals surface area contributed by atoms with E-state index in [1.165, 1.54) is 12.1 Å². The Labute approximate surface area is 287 Å². The van der Waals surface area contributed by atoms with Gasteiger partial charge in [-0.25, -0.2) is 14.6 Å². The molecule has 3 aliphatic rings. The van der Waals surface area contributed by atoms with E-state index < -0.39 is 23.0 Å². The highest BCUT2D eigenvalue weighted by Gasteiger charge is 2.35. The van der Waals surface area contributed by atoms with Gasteiger partial charge in [0.05, 0.1) is 12.1 Å². The summed E-state index contributed by atoms with van der Waals surface area (Å²) in [6.07, 6.45) is 1.22. The minimum atomic E-state index is -4.60. The molecule has 266 valence electrons. The van der Waals surface area contributed by atoms with Gasteiger partial charge < -0.3 is 24.8 Å². The Kier molecular flexibility index (Phi) is 11.7. The van der Waals surface area contributed by atoms with Crippen molar-refractivity contribution in [2.75, 3.05) is 75.7 Å². The molecule has 0 unspecified atom stereocenters. The molecule has 49 heavy (non-hydrogen) atoms. The molecule has 0 bridgehead atoms. The smallest absolute Gasteiger partial charge is 0.410 e. The van der Waals surface area contributed by atoms with Crippen LogP contribution < -0.4 is 10.2 Å². The number of nitrogens with one attached hydrogen (secondary N) is 1. The zero-order valence-electron chi connectivity index (χ0n) is 28.8. The second-order valence-corrected chi connectivity index (χ2v) is 14.4. The molecule has 0 spiro atoms. The highest BCUT2D eigenvalue weighted by Crippen LogP contribution is 2.39. The number of benzene rings is 1. The maximum atomic E-state index is 13.4. The van der Waals surface area contributed by atoms with E-state index >= 15 is 0 Å². The van der Waals surface area contributed by atoms with E-state index in [1.807, 2.05) is 48.9 Å². The van der Waals surface area contributed by atoms with Gasteiger partial charge in [-0.2, -0.15) is 13.2 Å². The standard InChI is InChI=1S/C36H48F3N7O3/c1-35(2,3)49-34(48)46-21-19-44(20-22-46)25-27-10-15-43(16-11-27)14-9-26-5-8-32(41-24-26)42-33(47)28-12-17-45(18-13-28)29-6-7-31(40-4)30(23-29)36(37,38)39/h5-8,23-24,27-28H,9-22,25H2,1-3H3,(H,41,42,47). The Morgan fingerprint density at radius 1 is 0.939 bits per heavy atom. The van der Waals surface area contributed by atoms with E-state index in [1.54, 1.807) is 0 Å². The molecule has 0 aliphatic carbocycles. The van der Waals surface area contributed by atoms with Crippen LogP contribution in [0.4, 0.5) is 35.2 Å². The Bertz CT molecular complexity index is 1460. The summed E-state index contributed by atoms with van der Waals surface area (Å²) in [6.45, 7) is 21.0. The lowest BCUT2D eigenvalue weighted by molar-refractivity contribution is -0.136. The third-order valence-corrected chi connectivity index (χ3v) is 9.68. The molecule has 1 aromatic heterocycles. The predicted molar refractivity (Wildman–Crippen MR) is 183 cm³/mol. The Balaban J connectivity index is 0.982. The van der Waals surface area contributed by atoms with Gasteiger partial charge in [0, 0.05) is 70.2 Å². The fraction of sp³-hybridized carbons (Fsp3) is 0.611. The largest absolute Gasteiger partial charge is 0.444 e. The van der Waals surface area contributed by atoms with Crippen LogP contribution in [-0.4, -0.2) is 103 Å². The average molecular weight is 684 g/mol. The molecule has 1 N–H and O–H groups in total. The molecule has 5 rings (SSSR count). The third-order valence-electron chi connectivity index (χ3n) is 9.68. The summed E-state index contributed by atoms with van der Waals surface area (Å²) in [5, 5.41) is 2.91. The monoisotopic (exact) mass is 683 g/mol. The Hall–Kier alpha value is -3.89. The number of carbonyl (C=O) groups is 2. The van der Waals surface area contributed by atoms with Gasteiger partial charge in [0.1, 0.15) is 11.4 Å². The first kappa shape index (κ1) is 36.4. The number of likely N-dealkylation sites (tertiary alicyclic amines) is 1. The predicted octanol–water partition coefficient (Wildman–Crippen LogP) is 6.31. The Morgan fingerprint density at radius 3 is 2.22 bits per heavy atom. The maximum absolute atomic E-state index is 13.4. The van der Waals surface area contributed by atoms with Crippen LogP contribution in [0.2, 0.25) is 0 Å². The number of hydrogen-bond acceptors (Lipinski definition) is 7. The summed E-state index contributed by atoms with van der Waals surface area (Å²) in [7, 11) is 0. The molecule has 3 saturated heterocycles. The molecule has 10 nitrogen and oxygen atoms in total. The second kappa shape index (κ2) is 15.8. The fourth-order valence-corrected chi connectivity index (χ4v) is 6.80. The van der Waals surface area contributed by atoms with Gasteiger partial charge in [0.2, 0.25) is 5.91 Å². The minimum absolute atomic E-state index is 0.132. The summed E-state index contributed by atoms with van der Waals surface area (Å²) in [5.41, 5.74) is -0.297. The molecule has 0 saturated carbocycles. The van der Waals surface area contributed by atoms with E-state index in [2.05, 4.69) is 24.9 Å². The number of halogens is 3. The van der Waals surface area contributed by atoms with Crippen molar-refractivity contribution in [2.45, 2.75) is 64.7 Å². The van der Waals surface area contributed by atoms with Crippen LogP contribution in [0, 0.1) is 18.4 Å². The van der Waals surface area contributed by atoms with Crippen molar-refractivity contribution in [3.63, 3.8) is 0 Å². The first-order valence-electron chi connectivity index (χ1n) is 17.3. The van der Waals surface area contributed by atoms with Crippen molar-refractivity contribution in [2.24, 2.45) is 11.8 Å². The number of ether oxygens (including phenoxy) is 1. The number of amides is 2. The number of alkyl halides is 3. The number of aromatic nitrogens is 1. The summed E-state index contributed by atoms with van der Waals surface area (Å²) >= 11 is 0. The minimum Gasteiger partial charge on any atom is -0.444 e. The molecule has 0 atom stereocenters. The normalized spacial score (nSPS) is 19.0. The van der Waals surface area contributed by atoms with Crippen molar-refractivity contribution in [3.8, 4) is 0 Å². The van der Waals surface area contributed by atoms with Gasteiger partial charge in [-0.05, 0) is 95.6 Å². The molecule has 1 aromatic carbocycles. The number of hydrogen-bond donors (Lipinski definition) is 1. The number of nitrogens with zero attached hydrogens (tertiary/aromatic N) is 6. The van der Waals surface area contributed by atoms with Gasteiger partial charge in [0.25, 0.3) is 0 Å². The molecular formula is C36H48F3N7O3. The zero-order chi connectivity index (χ0) is 35.2. The summed E-state index contributed by atoms with van der Waals surface area (Å²) in [5.74, 6) is 0.771. The molecule has 4 heterocycles. The van der Waals surface area contributed by atoms with Gasteiger partial charge in [-0.1, -0.05) is 12.1 Å². The summed E-state index contributed by atoms with van der Waals surface area (Å²) in [4.78, 5) is 41.4. The number of piperazine rings is 1. The van der Waals surface area contributed by atoms with Crippen LogP contribution in [0.3, 0.4) is 0 Å². The van der Waals surface area contributed by atoms with Gasteiger partial charge in [0.15, 0.2) is 5.69 Å². The van der Waals surface area contributed by atoms with Crippen molar-refractivity contribution >= 4 is 29.2 Å². The van der Waals surface area contributed by atoms with Crippen LogP contribution in [0.1, 0.15) is 57.6 Å². The van der Waals surface area contributed by atoms with Crippen LogP contribution in [0.5, 0.6) is 0 Å². The zero-order valence-corrected chi connectivity index (χ0v) is 28.8. The number of piperidine rings is 2. The van der Waals surface area contributed by atoms with Crippen LogP contribution >= 0.6 is 0 Å². The lowest BCUT2D eigenvalue weighted by Crippen LogP contribution is -2.51. The van der Waals surface area contributed by atoms with Gasteiger partial charge in [-0.3, -0.25) is 9.69 Å². The lowest BCUT2D eigenvalue weighted by Gasteiger charge is -2.39. The molecule has 0 radical (unpaired) electrons. The first-order valence-corrected chi connectivity index (χ1v) is 17.3. The second-order valence-electron chi connectivity index (χ2n) is 14.4. The summed E-state index contributed by atoms with van der Waals surface area (Å²) < 4.78 is 45.7. The highest BCUT2D eigenvalue weighted by molar-refractivity contribution is 5.91. The third kappa shape index (κ3) is 10.3. The highest BCUT2D eigenvalue weighted by atomic mass is 19.4. The van der Waals surface area contributed by atoms with Crippen molar-refractivity contribution in [1.82, 2.24) is 19.7 Å². The number of carbonyl (C=O) groups excluding carboxylic acids is 2. The van der Waals surface area contributed by atoms with Gasteiger partial charge in [-0.15, -0.1) is 0 Å². The van der Waals surface area contributed by atoms with Crippen LogP contribution in [-0.2, 0) is 22.1 Å². The topological polar surface area (TPSA) is 85.6 Å². The van der Waals surface area contributed by atoms with Crippen molar-refractivity contribution in [1.29, 1.82) is 0 Å². The maximum Gasteiger partial charge on any atom is 0.410 e. The molecular weight excluding hydrogens is 635 g/mol. The van der Waals surface area contributed by atoms with Crippen LogP contribution in [0.25, 0.3) is 4.85 Å². The van der Waals surface area contributed by atoms with E-state index in [9.17, 15) is 22.8 Å². The number of pyridine rings is 1.